The van der Waals surface area contributed by atoms with Crippen LogP contribution in [0.5, 0.6) is 0 Å². The molecule has 0 bridgehead atoms. The Labute approximate surface area is 184 Å². The second kappa shape index (κ2) is 9.64. The largest absolute Gasteiger partial charge is 0.372 e. The number of morpholine rings is 1. The molecule has 1 aromatic carbocycles. The zero-order valence-corrected chi connectivity index (χ0v) is 18.8. The Morgan fingerprint density at radius 2 is 1.90 bits per heavy atom. The van der Waals surface area contributed by atoms with Crippen LogP contribution in [0, 0.1) is 0 Å². The van der Waals surface area contributed by atoms with Crippen LogP contribution in [-0.2, 0) is 17.7 Å². The van der Waals surface area contributed by atoms with Gasteiger partial charge in [-0.15, -0.1) is 0 Å². The van der Waals surface area contributed by atoms with Crippen molar-refractivity contribution in [2.45, 2.75) is 58.8 Å². The van der Waals surface area contributed by atoms with E-state index in [1.165, 1.54) is 0 Å². The fraction of sp³-hybridized carbons (Fsp3) is 0.542. The van der Waals surface area contributed by atoms with E-state index in [0.717, 1.165) is 60.8 Å². The molecule has 2 aromatic rings. The van der Waals surface area contributed by atoms with Crippen LogP contribution in [0.25, 0.3) is 11.4 Å². The third-order valence-electron chi connectivity index (χ3n) is 5.88. The minimum absolute atomic E-state index is 0.000833. The summed E-state index contributed by atoms with van der Waals surface area (Å²) in [6, 6.07) is 10.1. The summed E-state index contributed by atoms with van der Waals surface area (Å²) >= 11 is 0. The molecule has 31 heavy (non-hydrogen) atoms. The van der Waals surface area contributed by atoms with Gasteiger partial charge in [0, 0.05) is 43.7 Å². The molecule has 0 saturated carbocycles. The first-order chi connectivity index (χ1) is 15.0. The van der Waals surface area contributed by atoms with Crippen molar-refractivity contribution in [1.29, 1.82) is 0 Å². The van der Waals surface area contributed by atoms with Crippen molar-refractivity contribution >= 4 is 11.8 Å². The van der Waals surface area contributed by atoms with Gasteiger partial charge in [-0.1, -0.05) is 43.7 Å². The number of hydrogen-bond acceptors (Lipinski definition) is 5. The molecule has 0 spiro atoms. The van der Waals surface area contributed by atoms with Gasteiger partial charge in [0.1, 0.15) is 5.82 Å². The molecule has 3 heterocycles. The quantitative estimate of drug-likeness (QED) is 0.744. The van der Waals surface area contributed by atoms with Crippen molar-refractivity contribution in [2.75, 3.05) is 31.1 Å². The predicted molar refractivity (Wildman–Crippen MR) is 122 cm³/mol. The van der Waals surface area contributed by atoms with Crippen LogP contribution in [0.1, 0.15) is 44.9 Å². The number of urea groups is 1. The number of rotatable bonds is 5. The van der Waals surface area contributed by atoms with E-state index in [-0.39, 0.29) is 18.2 Å². The second-order valence-corrected chi connectivity index (χ2v) is 8.58. The van der Waals surface area contributed by atoms with Crippen LogP contribution in [0.4, 0.5) is 10.6 Å². The lowest BCUT2D eigenvalue weighted by molar-refractivity contribution is -0.00556. The zero-order chi connectivity index (χ0) is 21.8. The van der Waals surface area contributed by atoms with E-state index in [1.54, 1.807) is 0 Å². The van der Waals surface area contributed by atoms with Crippen molar-refractivity contribution in [3.63, 3.8) is 0 Å². The van der Waals surface area contributed by atoms with Crippen molar-refractivity contribution in [2.24, 2.45) is 0 Å². The molecule has 2 atom stereocenters. The molecule has 1 saturated heterocycles. The molecular formula is C24H33N5O2. The number of carbonyl (C=O) groups is 1. The predicted octanol–water partition coefficient (Wildman–Crippen LogP) is 3.63. The van der Waals surface area contributed by atoms with Crippen molar-refractivity contribution < 1.29 is 9.53 Å². The molecule has 0 unspecified atom stereocenters. The Bertz CT molecular complexity index is 894. The van der Waals surface area contributed by atoms with Gasteiger partial charge in [0.15, 0.2) is 5.82 Å². The molecular weight excluding hydrogens is 390 g/mol. The molecule has 166 valence electrons. The number of aromatic nitrogens is 2. The summed E-state index contributed by atoms with van der Waals surface area (Å²) in [6.45, 7) is 9.82. The molecule has 1 aromatic heterocycles. The molecule has 0 aliphatic carbocycles. The summed E-state index contributed by atoms with van der Waals surface area (Å²) in [4.78, 5) is 26.8. The molecule has 2 aliphatic heterocycles. The van der Waals surface area contributed by atoms with Crippen LogP contribution in [0.15, 0.2) is 30.3 Å². The molecule has 2 amide bonds. The highest BCUT2D eigenvalue weighted by Gasteiger charge is 2.31. The van der Waals surface area contributed by atoms with Crippen molar-refractivity contribution in [1.82, 2.24) is 20.2 Å². The number of hydrogen-bond donors (Lipinski definition) is 1. The lowest BCUT2D eigenvalue weighted by Crippen LogP contribution is -2.48. The Morgan fingerprint density at radius 1 is 1.16 bits per heavy atom. The summed E-state index contributed by atoms with van der Waals surface area (Å²) in [5, 5.41) is 3.05. The Balaban J connectivity index is 1.67. The third kappa shape index (κ3) is 4.98. The maximum absolute atomic E-state index is 12.7. The maximum Gasteiger partial charge on any atom is 0.317 e. The topological polar surface area (TPSA) is 70.6 Å². The monoisotopic (exact) mass is 423 g/mol. The molecule has 2 aliphatic rings. The Morgan fingerprint density at radius 3 is 2.61 bits per heavy atom. The van der Waals surface area contributed by atoms with Gasteiger partial charge in [-0.05, 0) is 20.3 Å². The molecule has 1 N–H and O–H groups in total. The van der Waals surface area contributed by atoms with E-state index in [2.05, 4.69) is 31.0 Å². The number of nitrogens with one attached hydrogen (secondary N) is 1. The third-order valence-corrected chi connectivity index (χ3v) is 5.88. The number of amides is 2. The summed E-state index contributed by atoms with van der Waals surface area (Å²) in [7, 11) is 0. The SMILES string of the molecule is CCCCNC(=O)N1CCc2nc(-c3ccccc3)nc(N3C[C@@H](C)O[C@H](C)C3)c2C1. The molecule has 0 radical (unpaired) electrons. The highest BCUT2D eigenvalue weighted by molar-refractivity contribution is 5.75. The smallest absolute Gasteiger partial charge is 0.317 e. The standard InChI is InChI=1S/C24H33N5O2/c1-4-5-12-25-24(30)28-13-11-21-20(16-28)23(29-14-17(2)31-18(3)15-29)27-22(26-21)19-9-7-6-8-10-19/h6-10,17-18H,4-5,11-16H2,1-3H3,(H,25,30)/t17-,18-/m1/s1. The second-order valence-electron chi connectivity index (χ2n) is 8.58. The summed E-state index contributed by atoms with van der Waals surface area (Å²) in [5.41, 5.74) is 3.13. The van der Waals surface area contributed by atoms with Crippen LogP contribution in [-0.4, -0.2) is 59.3 Å². The minimum atomic E-state index is 0.000833. The van der Waals surface area contributed by atoms with E-state index in [0.29, 0.717) is 19.6 Å². The Hall–Kier alpha value is -2.67. The first kappa shape index (κ1) is 21.6. The van der Waals surface area contributed by atoms with Crippen LogP contribution >= 0.6 is 0 Å². The van der Waals surface area contributed by atoms with Gasteiger partial charge in [0.05, 0.1) is 24.4 Å². The van der Waals surface area contributed by atoms with Gasteiger partial charge < -0.3 is 19.9 Å². The molecule has 1 fully saturated rings. The average Bonchev–Trinajstić information content (AvgIpc) is 2.78. The van der Waals surface area contributed by atoms with Crippen LogP contribution < -0.4 is 10.2 Å². The average molecular weight is 424 g/mol. The first-order valence-electron chi connectivity index (χ1n) is 11.4. The lowest BCUT2D eigenvalue weighted by atomic mass is 10.0. The van der Waals surface area contributed by atoms with Crippen LogP contribution in [0.2, 0.25) is 0 Å². The fourth-order valence-corrected chi connectivity index (χ4v) is 4.38. The minimum Gasteiger partial charge on any atom is -0.372 e. The van der Waals surface area contributed by atoms with E-state index >= 15 is 0 Å². The van der Waals surface area contributed by atoms with E-state index < -0.39 is 0 Å². The van der Waals surface area contributed by atoms with E-state index in [9.17, 15) is 4.79 Å². The molecule has 7 nitrogen and oxygen atoms in total. The summed E-state index contributed by atoms with van der Waals surface area (Å²) < 4.78 is 5.95. The van der Waals surface area contributed by atoms with Gasteiger partial charge in [0.2, 0.25) is 0 Å². The summed E-state index contributed by atoms with van der Waals surface area (Å²) in [6.07, 6.45) is 3.06. The van der Waals surface area contributed by atoms with Gasteiger partial charge in [0.25, 0.3) is 0 Å². The highest BCUT2D eigenvalue weighted by atomic mass is 16.5. The van der Waals surface area contributed by atoms with Crippen LogP contribution in [0.3, 0.4) is 0 Å². The van der Waals surface area contributed by atoms with Gasteiger partial charge in [-0.2, -0.15) is 0 Å². The zero-order valence-electron chi connectivity index (χ0n) is 18.8. The van der Waals surface area contributed by atoms with Crippen molar-refractivity contribution in [3.8, 4) is 11.4 Å². The highest BCUT2D eigenvalue weighted by Crippen LogP contribution is 2.31. The number of benzene rings is 1. The maximum atomic E-state index is 12.7. The fourth-order valence-electron chi connectivity index (χ4n) is 4.38. The number of anilines is 1. The van der Waals surface area contributed by atoms with E-state index in [4.69, 9.17) is 14.7 Å². The van der Waals surface area contributed by atoms with Gasteiger partial charge in [-0.3, -0.25) is 0 Å². The number of nitrogens with zero attached hydrogens (tertiary/aromatic N) is 4. The van der Waals surface area contributed by atoms with Gasteiger partial charge in [-0.25, -0.2) is 14.8 Å². The van der Waals surface area contributed by atoms with Crippen molar-refractivity contribution in [3.05, 3.63) is 41.6 Å². The van der Waals surface area contributed by atoms with E-state index in [1.807, 2.05) is 35.2 Å². The number of carbonyl (C=O) groups excluding carboxylic acids is 1. The molecule has 4 rings (SSSR count). The number of unbranched alkanes of at least 4 members (excludes halogenated alkanes) is 1. The first-order valence-corrected chi connectivity index (χ1v) is 11.4. The molecule has 7 heteroatoms. The normalized spacial score (nSPS) is 21.0. The number of fused-ring (bicyclic) bond motifs is 1. The number of ether oxygens (including phenoxy) is 1. The summed E-state index contributed by atoms with van der Waals surface area (Å²) in [5.74, 6) is 1.69. The van der Waals surface area contributed by atoms with Gasteiger partial charge >= 0.3 is 6.03 Å². The lowest BCUT2D eigenvalue weighted by Gasteiger charge is -2.39. The Kier molecular flexibility index (Phi) is 6.70.